The van der Waals surface area contributed by atoms with Crippen molar-refractivity contribution in [2.24, 2.45) is 11.8 Å². The van der Waals surface area contributed by atoms with E-state index in [0.717, 1.165) is 63.0 Å². The van der Waals surface area contributed by atoms with Crippen molar-refractivity contribution in [3.63, 3.8) is 0 Å². The van der Waals surface area contributed by atoms with E-state index >= 15 is 0 Å². The van der Waals surface area contributed by atoms with E-state index in [2.05, 4.69) is 6.92 Å². The molecule has 0 atom stereocenters. The molecule has 9 heteroatoms. The molecule has 0 radical (unpaired) electrons. The third-order valence-corrected chi connectivity index (χ3v) is 8.56. The Labute approximate surface area is 248 Å². The molecule has 232 valence electrons. The number of benzene rings is 3. The first-order valence-electron chi connectivity index (χ1n) is 15.0. The fraction of sp³-hybridized carbons (Fsp3) is 0.471. The van der Waals surface area contributed by atoms with Crippen LogP contribution in [0.25, 0.3) is 11.1 Å². The quantitative estimate of drug-likeness (QED) is 0.131. The zero-order valence-corrected chi connectivity index (χ0v) is 24.1. The fourth-order valence-electron chi connectivity index (χ4n) is 6.07. The number of hydrogen-bond donors (Lipinski definition) is 0. The van der Waals surface area contributed by atoms with Crippen LogP contribution in [0.1, 0.15) is 75.3 Å². The number of rotatable bonds is 10. The Morgan fingerprint density at radius 3 is 2.05 bits per heavy atom. The van der Waals surface area contributed by atoms with Crippen molar-refractivity contribution in [3.05, 3.63) is 89.0 Å². The van der Waals surface area contributed by atoms with Gasteiger partial charge in [-0.3, -0.25) is 0 Å². The predicted octanol–water partition coefficient (Wildman–Crippen LogP) is 9.88. The number of halogens is 6. The average Bonchev–Trinajstić information content (AvgIpc) is 3.00. The van der Waals surface area contributed by atoms with E-state index in [1.807, 2.05) is 0 Å². The maximum Gasteiger partial charge on any atom is 0.426 e. The van der Waals surface area contributed by atoms with Crippen molar-refractivity contribution in [1.29, 1.82) is 0 Å². The van der Waals surface area contributed by atoms with Gasteiger partial charge < -0.3 is 14.2 Å². The molecule has 3 aromatic carbocycles. The monoisotopic (exact) mass is 606 g/mol. The van der Waals surface area contributed by atoms with Crippen LogP contribution in [0, 0.1) is 35.1 Å². The van der Waals surface area contributed by atoms with Gasteiger partial charge in [0.2, 0.25) is 0 Å². The van der Waals surface area contributed by atoms with Gasteiger partial charge in [-0.25, -0.2) is 17.6 Å². The van der Waals surface area contributed by atoms with Gasteiger partial charge in [-0.15, -0.1) is 0 Å². The lowest BCUT2D eigenvalue weighted by Crippen LogP contribution is -2.38. The maximum absolute atomic E-state index is 15.0. The van der Waals surface area contributed by atoms with E-state index in [9.17, 15) is 26.3 Å². The molecule has 0 N–H and O–H groups in total. The molecule has 2 aliphatic rings. The third-order valence-electron chi connectivity index (χ3n) is 8.56. The summed E-state index contributed by atoms with van der Waals surface area (Å²) in [5, 5.41) is 0. The lowest BCUT2D eigenvalue weighted by atomic mass is 9.78. The van der Waals surface area contributed by atoms with E-state index in [-0.39, 0.29) is 23.3 Å². The highest BCUT2D eigenvalue weighted by Crippen LogP contribution is 2.40. The SMILES string of the molecule is CCCCCC1COC(C2CCC(c3ccc(C(F)(F)Oc4ccc(-c5cc(F)c(F)c(F)c5)c(F)c4)cc3)CC2)OC1. The largest absolute Gasteiger partial charge is 0.429 e. The minimum absolute atomic E-state index is 0.168. The highest BCUT2D eigenvalue weighted by atomic mass is 19.3. The van der Waals surface area contributed by atoms with Crippen LogP contribution in [-0.2, 0) is 15.6 Å². The molecular weight excluding hydrogens is 570 g/mol. The Morgan fingerprint density at radius 2 is 1.44 bits per heavy atom. The summed E-state index contributed by atoms with van der Waals surface area (Å²) < 4.78 is 102. The smallest absolute Gasteiger partial charge is 0.426 e. The fourth-order valence-corrected chi connectivity index (χ4v) is 6.07. The molecule has 2 fully saturated rings. The minimum atomic E-state index is -3.76. The van der Waals surface area contributed by atoms with Crippen molar-refractivity contribution in [2.45, 2.75) is 76.6 Å². The van der Waals surface area contributed by atoms with Gasteiger partial charge in [0.05, 0.1) is 18.8 Å². The Kier molecular flexibility index (Phi) is 10.0. The molecule has 1 heterocycles. The summed E-state index contributed by atoms with van der Waals surface area (Å²) in [7, 11) is 0. The van der Waals surface area contributed by atoms with Gasteiger partial charge in [-0.2, -0.15) is 8.78 Å². The standard InChI is InChI=1S/C34H36F6O3/c1-2-3-4-5-21-19-41-33(42-20-21)24-8-6-22(7-9-24)23-10-12-26(13-11-23)34(39,40)43-27-14-15-28(29(35)18-27)25-16-30(36)32(38)31(37)17-25/h10-18,21-22,24,33H,2-9,19-20H2,1H3. The lowest BCUT2D eigenvalue weighted by Gasteiger charge is -2.37. The number of ether oxygens (including phenoxy) is 3. The van der Waals surface area contributed by atoms with Crippen LogP contribution in [0.15, 0.2) is 54.6 Å². The van der Waals surface area contributed by atoms with Gasteiger partial charge in [0.15, 0.2) is 23.7 Å². The van der Waals surface area contributed by atoms with Crippen molar-refractivity contribution < 1.29 is 40.6 Å². The summed E-state index contributed by atoms with van der Waals surface area (Å²) in [6.45, 7) is 3.69. The Bertz CT molecular complexity index is 1340. The molecule has 5 rings (SSSR count). The van der Waals surface area contributed by atoms with Crippen molar-refractivity contribution >= 4 is 0 Å². The van der Waals surface area contributed by atoms with Crippen molar-refractivity contribution in [2.75, 3.05) is 13.2 Å². The molecule has 0 amide bonds. The summed E-state index contributed by atoms with van der Waals surface area (Å²) in [4.78, 5) is 0. The van der Waals surface area contributed by atoms with Gasteiger partial charge in [0.1, 0.15) is 11.6 Å². The van der Waals surface area contributed by atoms with E-state index < -0.39 is 40.7 Å². The number of unbranched alkanes of at least 4 members (excludes halogenated alkanes) is 2. The van der Waals surface area contributed by atoms with Crippen LogP contribution in [0.4, 0.5) is 26.3 Å². The van der Waals surface area contributed by atoms with Gasteiger partial charge >= 0.3 is 6.11 Å². The summed E-state index contributed by atoms with van der Waals surface area (Å²) >= 11 is 0. The second-order valence-corrected chi connectivity index (χ2v) is 11.6. The van der Waals surface area contributed by atoms with Crippen molar-refractivity contribution in [1.82, 2.24) is 0 Å². The zero-order chi connectivity index (χ0) is 30.6. The molecule has 1 saturated carbocycles. The third kappa shape index (κ3) is 7.55. The van der Waals surface area contributed by atoms with Crippen LogP contribution in [0.5, 0.6) is 5.75 Å². The first kappa shape index (κ1) is 31.4. The second kappa shape index (κ2) is 13.7. The summed E-state index contributed by atoms with van der Waals surface area (Å²) in [6, 6.07) is 10.0. The van der Waals surface area contributed by atoms with E-state index in [0.29, 0.717) is 30.0 Å². The highest BCUT2D eigenvalue weighted by molar-refractivity contribution is 5.65. The van der Waals surface area contributed by atoms with Gasteiger partial charge in [0.25, 0.3) is 0 Å². The molecule has 0 bridgehead atoms. The van der Waals surface area contributed by atoms with Gasteiger partial charge in [-0.1, -0.05) is 38.3 Å². The van der Waals surface area contributed by atoms with Crippen molar-refractivity contribution in [3.8, 4) is 16.9 Å². The Hall–Kier alpha value is -3.04. The molecular formula is C34H36F6O3. The molecule has 0 spiro atoms. The van der Waals surface area contributed by atoms with E-state index in [1.165, 1.54) is 31.4 Å². The van der Waals surface area contributed by atoms with Crippen LogP contribution in [0.3, 0.4) is 0 Å². The molecule has 1 aliphatic carbocycles. The summed E-state index contributed by atoms with van der Waals surface area (Å²) in [5.74, 6) is -5.15. The maximum atomic E-state index is 15.0. The Balaban J connectivity index is 1.15. The molecule has 43 heavy (non-hydrogen) atoms. The van der Waals surface area contributed by atoms with E-state index in [1.54, 1.807) is 12.1 Å². The molecule has 3 nitrogen and oxygen atoms in total. The van der Waals surface area contributed by atoms with Crippen LogP contribution in [-0.4, -0.2) is 19.5 Å². The molecule has 3 aromatic rings. The average molecular weight is 607 g/mol. The number of alkyl halides is 2. The summed E-state index contributed by atoms with van der Waals surface area (Å²) in [5.41, 5.74) is 0.00560. The molecule has 1 aliphatic heterocycles. The Morgan fingerprint density at radius 1 is 0.791 bits per heavy atom. The molecule has 0 unspecified atom stereocenters. The lowest BCUT2D eigenvalue weighted by molar-refractivity contribution is -0.229. The first-order valence-corrected chi connectivity index (χ1v) is 15.0. The number of hydrogen-bond acceptors (Lipinski definition) is 3. The first-order chi connectivity index (χ1) is 20.6. The molecule has 0 aromatic heterocycles. The van der Waals surface area contributed by atoms with E-state index in [4.69, 9.17) is 14.2 Å². The minimum Gasteiger partial charge on any atom is -0.429 e. The zero-order valence-electron chi connectivity index (χ0n) is 24.1. The summed E-state index contributed by atoms with van der Waals surface area (Å²) in [6.07, 6.45) is 4.55. The normalized spacial score (nSPS) is 22.9. The van der Waals surface area contributed by atoms with Crippen LogP contribution >= 0.6 is 0 Å². The van der Waals surface area contributed by atoms with Crippen LogP contribution in [0.2, 0.25) is 0 Å². The van der Waals surface area contributed by atoms with Gasteiger partial charge in [0, 0.05) is 23.5 Å². The van der Waals surface area contributed by atoms with Crippen LogP contribution < -0.4 is 4.74 Å². The highest BCUT2D eigenvalue weighted by Gasteiger charge is 2.36. The van der Waals surface area contributed by atoms with Gasteiger partial charge in [-0.05, 0) is 85.5 Å². The predicted molar refractivity (Wildman–Crippen MR) is 151 cm³/mol. The topological polar surface area (TPSA) is 27.7 Å². The molecule has 1 saturated heterocycles. The second-order valence-electron chi connectivity index (χ2n) is 11.6.